The molecule has 0 aliphatic heterocycles. The molecule has 5 heteroatoms. The largest absolute Gasteiger partial charge is 0.350 e. The van der Waals surface area contributed by atoms with Crippen molar-refractivity contribution in [3.63, 3.8) is 0 Å². The van der Waals surface area contributed by atoms with Gasteiger partial charge in [-0.1, -0.05) is 37.6 Å². The Labute approximate surface area is 144 Å². The molecule has 2 aromatic carbocycles. The van der Waals surface area contributed by atoms with Crippen LogP contribution in [0.2, 0.25) is 5.02 Å². The smallest absolute Gasteiger partial charge is 0.158 e. The molecule has 0 atom stereocenters. The van der Waals surface area contributed by atoms with Crippen LogP contribution >= 0.6 is 11.6 Å². The van der Waals surface area contributed by atoms with Crippen molar-refractivity contribution in [2.75, 3.05) is 5.32 Å². The Kier molecular flexibility index (Phi) is 3.62. The second-order valence-electron chi connectivity index (χ2n) is 6.17. The van der Waals surface area contributed by atoms with Crippen LogP contribution in [0.1, 0.15) is 25.3 Å². The molecule has 4 rings (SSSR count). The van der Waals surface area contributed by atoms with Gasteiger partial charge in [0.1, 0.15) is 17.4 Å². The van der Waals surface area contributed by atoms with Crippen molar-refractivity contribution in [2.24, 2.45) is 0 Å². The van der Waals surface area contributed by atoms with Crippen molar-refractivity contribution in [2.45, 2.75) is 19.8 Å². The van der Waals surface area contributed by atoms with Crippen molar-refractivity contribution < 1.29 is 0 Å². The number of anilines is 2. The fourth-order valence-corrected chi connectivity index (χ4v) is 3.06. The number of nitrogens with one attached hydrogen (secondary N) is 2. The number of rotatable bonds is 3. The van der Waals surface area contributed by atoms with Gasteiger partial charge in [-0.3, -0.25) is 0 Å². The van der Waals surface area contributed by atoms with Crippen LogP contribution in [0.4, 0.5) is 11.5 Å². The van der Waals surface area contributed by atoms with Gasteiger partial charge < -0.3 is 10.3 Å². The molecule has 0 amide bonds. The Morgan fingerprint density at radius 1 is 1.08 bits per heavy atom. The minimum Gasteiger partial charge on any atom is -0.350 e. The molecule has 0 saturated heterocycles. The molecule has 0 bridgehead atoms. The van der Waals surface area contributed by atoms with Crippen molar-refractivity contribution in [3.8, 4) is 0 Å². The zero-order valence-electron chi connectivity index (χ0n) is 13.5. The van der Waals surface area contributed by atoms with E-state index in [1.165, 1.54) is 5.56 Å². The minimum atomic E-state index is 0.477. The lowest BCUT2D eigenvalue weighted by Gasteiger charge is -2.06. The van der Waals surface area contributed by atoms with Crippen LogP contribution in [0.25, 0.3) is 21.9 Å². The van der Waals surface area contributed by atoms with Crippen molar-refractivity contribution >= 4 is 45.0 Å². The molecular formula is C19H17ClN4. The molecule has 4 aromatic rings. The van der Waals surface area contributed by atoms with Gasteiger partial charge in [0.05, 0.1) is 0 Å². The first-order valence-corrected chi connectivity index (χ1v) is 8.28. The highest BCUT2D eigenvalue weighted by molar-refractivity contribution is 6.30. The van der Waals surface area contributed by atoms with Gasteiger partial charge in [-0.05, 0) is 41.8 Å². The number of halogens is 1. The van der Waals surface area contributed by atoms with Crippen LogP contribution in [0.15, 0.2) is 48.8 Å². The highest BCUT2D eigenvalue weighted by Gasteiger charge is 2.12. The fourth-order valence-electron chi connectivity index (χ4n) is 2.87. The fraction of sp³-hybridized carbons (Fsp3) is 0.158. The average Bonchev–Trinajstić information content (AvgIpc) is 2.94. The Hall–Kier alpha value is -2.59. The Morgan fingerprint density at radius 2 is 1.96 bits per heavy atom. The van der Waals surface area contributed by atoms with E-state index in [1.807, 2.05) is 24.3 Å². The summed E-state index contributed by atoms with van der Waals surface area (Å²) in [7, 11) is 0. The van der Waals surface area contributed by atoms with Crippen LogP contribution < -0.4 is 5.32 Å². The maximum Gasteiger partial charge on any atom is 0.158 e. The van der Waals surface area contributed by atoms with Crippen molar-refractivity contribution in [1.82, 2.24) is 15.0 Å². The summed E-state index contributed by atoms with van der Waals surface area (Å²) in [5.74, 6) is 1.22. The van der Waals surface area contributed by atoms with Crippen molar-refractivity contribution in [1.29, 1.82) is 0 Å². The monoisotopic (exact) mass is 336 g/mol. The van der Waals surface area contributed by atoms with Crippen molar-refractivity contribution in [3.05, 3.63) is 59.4 Å². The maximum atomic E-state index is 6.06. The van der Waals surface area contributed by atoms with Gasteiger partial charge in [0, 0.05) is 21.6 Å². The molecule has 4 nitrogen and oxygen atoms in total. The summed E-state index contributed by atoms with van der Waals surface area (Å²) in [5.41, 5.74) is 5.07. The predicted molar refractivity (Wildman–Crippen MR) is 100 cm³/mol. The van der Waals surface area contributed by atoms with E-state index in [-0.39, 0.29) is 0 Å². The van der Waals surface area contributed by atoms with E-state index in [4.69, 9.17) is 11.6 Å². The van der Waals surface area contributed by atoms with E-state index in [1.54, 1.807) is 6.33 Å². The third kappa shape index (κ3) is 2.59. The van der Waals surface area contributed by atoms with E-state index in [0.717, 1.165) is 33.4 Å². The van der Waals surface area contributed by atoms with Gasteiger partial charge in [0.25, 0.3) is 0 Å². The number of H-pyrrole nitrogens is 1. The summed E-state index contributed by atoms with van der Waals surface area (Å²) in [5, 5.41) is 5.12. The Balaban J connectivity index is 1.86. The highest BCUT2D eigenvalue weighted by Crippen LogP contribution is 2.31. The number of benzene rings is 2. The highest BCUT2D eigenvalue weighted by atomic mass is 35.5. The first-order chi connectivity index (χ1) is 11.6. The molecule has 0 spiro atoms. The first-order valence-electron chi connectivity index (χ1n) is 7.91. The maximum absolute atomic E-state index is 6.06. The molecule has 2 aromatic heterocycles. The van der Waals surface area contributed by atoms with Crippen LogP contribution in [-0.4, -0.2) is 15.0 Å². The molecule has 0 saturated carbocycles. The molecule has 0 unspecified atom stereocenters. The number of hydrogen-bond donors (Lipinski definition) is 2. The molecular weight excluding hydrogens is 320 g/mol. The van der Waals surface area contributed by atoms with E-state index in [2.05, 4.69) is 52.3 Å². The molecule has 0 aliphatic rings. The van der Waals surface area contributed by atoms with Gasteiger partial charge in [-0.15, -0.1) is 0 Å². The average molecular weight is 337 g/mol. The third-order valence-corrected chi connectivity index (χ3v) is 4.39. The number of aromatic nitrogens is 3. The second kappa shape index (κ2) is 5.80. The van der Waals surface area contributed by atoms with Gasteiger partial charge >= 0.3 is 0 Å². The number of hydrogen-bond acceptors (Lipinski definition) is 3. The zero-order chi connectivity index (χ0) is 16.7. The lowest BCUT2D eigenvalue weighted by Crippen LogP contribution is -1.95. The SMILES string of the molecule is CC(C)c1ccc2[nH]c3c(Nc4cccc(Cl)c4)ncnc3c2c1. The van der Waals surface area contributed by atoms with Gasteiger partial charge in [-0.2, -0.15) is 0 Å². The van der Waals surface area contributed by atoms with E-state index < -0.39 is 0 Å². The summed E-state index contributed by atoms with van der Waals surface area (Å²) in [6.45, 7) is 4.38. The quantitative estimate of drug-likeness (QED) is 0.509. The standard InChI is InChI=1S/C19H17ClN4/c1-11(2)12-6-7-16-15(8-12)17-18(24-16)19(22-10-21-17)23-14-5-3-4-13(20)9-14/h3-11,24H,1-2H3,(H,21,22,23). The lowest BCUT2D eigenvalue weighted by molar-refractivity contribution is 0.869. The lowest BCUT2D eigenvalue weighted by atomic mass is 10.0. The summed E-state index contributed by atoms with van der Waals surface area (Å²) in [4.78, 5) is 12.3. The third-order valence-electron chi connectivity index (χ3n) is 4.16. The summed E-state index contributed by atoms with van der Waals surface area (Å²) in [6.07, 6.45) is 1.59. The van der Waals surface area contributed by atoms with Crippen LogP contribution in [0.5, 0.6) is 0 Å². The summed E-state index contributed by atoms with van der Waals surface area (Å²) < 4.78 is 0. The van der Waals surface area contributed by atoms with Gasteiger partial charge in [-0.25, -0.2) is 9.97 Å². The molecule has 2 N–H and O–H groups in total. The summed E-state index contributed by atoms with van der Waals surface area (Å²) in [6, 6.07) is 14.0. The minimum absolute atomic E-state index is 0.477. The van der Waals surface area contributed by atoms with Gasteiger partial charge in [0.2, 0.25) is 0 Å². The zero-order valence-corrected chi connectivity index (χ0v) is 14.2. The second-order valence-corrected chi connectivity index (χ2v) is 6.60. The van der Waals surface area contributed by atoms with Crippen LogP contribution in [0.3, 0.4) is 0 Å². The molecule has 2 heterocycles. The molecule has 24 heavy (non-hydrogen) atoms. The Morgan fingerprint density at radius 3 is 2.75 bits per heavy atom. The topological polar surface area (TPSA) is 53.6 Å². The molecule has 0 aliphatic carbocycles. The van der Waals surface area contributed by atoms with E-state index >= 15 is 0 Å². The van der Waals surface area contributed by atoms with Crippen LogP contribution in [-0.2, 0) is 0 Å². The Bertz CT molecular complexity index is 1040. The first kappa shape index (κ1) is 15.0. The normalized spacial score (nSPS) is 11.5. The van der Waals surface area contributed by atoms with E-state index in [0.29, 0.717) is 10.9 Å². The number of aromatic amines is 1. The van der Waals surface area contributed by atoms with Crippen LogP contribution in [0, 0.1) is 0 Å². The van der Waals surface area contributed by atoms with Gasteiger partial charge in [0.15, 0.2) is 5.82 Å². The number of fused-ring (bicyclic) bond motifs is 3. The predicted octanol–water partition coefficient (Wildman–Crippen LogP) is 5.63. The molecule has 120 valence electrons. The molecule has 0 fully saturated rings. The van der Waals surface area contributed by atoms with E-state index in [9.17, 15) is 0 Å². The number of nitrogens with zero attached hydrogens (tertiary/aromatic N) is 2. The summed E-state index contributed by atoms with van der Waals surface area (Å²) >= 11 is 6.06. The molecule has 0 radical (unpaired) electrons.